The number of methoxy groups -OCH3 is 3. The van der Waals surface area contributed by atoms with E-state index in [1.165, 1.54) is 0 Å². The molecule has 2 aromatic carbocycles. The van der Waals surface area contributed by atoms with Gasteiger partial charge in [0.05, 0.1) is 27.0 Å². The number of aromatic amines is 1. The van der Waals surface area contributed by atoms with Gasteiger partial charge < -0.3 is 23.7 Å². The van der Waals surface area contributed by atoms with Crippen molar-refractivity contribution >= 4 is 0 Å². The van der Waals surface area contributed by atoms with Crippen LogP contribution in [-0.2, 0) is 0 Å². The normalized spacial score (nSPS) is 12.6. The van der Waals surface area contributed by atoms with Crippen LogP contribution in [0.3, 0.4) is 0 Å². The van der Waals surface area contributed by atoms with Crippen molar-refractivity contribution in [3.63, 3.8) is 0 Å². The van der Waals surface area contributed by atoms with Crippen molar-refractivity contribution in [3.8, 4) is 51.3 Å². The molecule has 1 aromatic heterocycles. The Hall–Kier alpha value is -3.42. The molecular formula is C19H19N3O5. The molecule has 4 rings (SSSR count). The van der Waals surface area contributed by atoms with Crippen molar-refractivity contribution in [2.75, 3.05) is 34.5 Å². The molecule has 8 nitrogen and oxygen atoms in total. The third-order valence-corrected chi connectivity index (χ3v) is 4.32. The fourth-order valence-electron chi connectivity index (χ4n) is 3.05. The molecule has 0 saturated heterocycles. The summed E-state index contributed by atoms with van der Waals surface area (Å²) in [5.74, 6) is 3.04. The van der Waals surface area contributed by atoms with Crippen molar-refractivity contribution < 1.29 is 23.7 Å². The van der Waals surface area contributed by atoms with Gasteiger partial charge in [-0.15, -0.1) is 5.10 Å². The van der Waals surface area contributed by atoms with Gasteiger partial charge in [-0.05, 0) is 30.3 Å². The summed E-state index contributed by atoms with van der Waals surface area (Å²) in [6, 6.07) is 9.39. The number of nitrogens with zero attached hydrogens (tertiary/aromatic N) is 2. The van der Waals surface area contributed by atoms with Gasteiger partial charge in [-0.2, -0.15) is 0 Å². The summed E-state index contributed by atoms with van der Waals surface area (Å²) in [7, 11) is 4.72. The summed E-state index contributed by atoms with van der Waals surface area (Å²) < 4.78 is 27.5. The molecule has 0 bridgehead atoms. The molecule has 0 fully saturated rings. The lowest BCUT2D eigenvalue weighted by Crippen LogP contribution is -2.15. The monoisotopic (exact) mass is 369 g/mol. The zero-order chi connectivity index (χ0) is 18.8. The van der Waals surface area contributed by atoms with E-state index in [4.69, 9.17) is 23.7 Å². The SMILES string of the molecule is COc1cc(-c2nn[nH]c2-c2ccc3c(c2)OCCO3)cc(OC)c1OC. The van der Waals surface area contributed by atoms with Gasteiger partial charge in [0.15, 0.2) is 23.0 Å². The van der Waals surface area contributed by atoms with Crippen molar-refractivity contribution in [1.29, 1.82) is 0 Å². The van der Waals surface area contributed by atoms with Crippen LogP contribution in [0.4, 0.5) is 0 Å². The summed E-state index contributed by atoms with van der Waals surface area (Å²) in [5.41, 5.74) is 3.07. The molecule has 0 unspecified atom stereocenters. The summed E-state index contributed by atoms with van der Waals surface area (Å²) in [4.78, 5) is 0. The van der Waals surface area contributed by atoms with Crippen LogP contribution in [-0.4, -0.2) is 50.0 Å². The lowest BCUT2D eigenvalue weighted by atomic mass is 10.0. The molecular weight excluding hydrogens is 350 g/mol. The molecule has 0 amide bonds. The number of hydrogen-bond acceptors (Lipinski definition) is 7. The molecule has 0 aliphatic carbocycles. The Labute approximate surface area is 156 Å². The lowest BCUT2D eigenvalue weighted by Gasteiger charge is -2.18. The molecule has 0 atom stereocenters. The van der Waals surface area contributed by atoms with E-state index in [0.717, 1.165) is 22.6 Å². The van der Waals surface area contributed by atoms with Gasteiger partial charge in [0.1, 0.15) is 18.9 Å². The van der Waals surface area contributed by atoms with E-state index in [1.807, 2.05) is 30.3 Å². The van der Waals surface area contributed by atoms with Crippen LogP contribution in [0.25, 0.3) is 22.5 Å². The predicted octanol–water partition coefficient (Wildman–Crippen LogP) is 2.94. The van der Waals surface area contributed by atoms with Crippen molar-refractivity contribution in [2.45, 2.75) is 0 Å². The topological polar surface area (TPSA) is 87.7 Å². The quantitative estimate of drug-likeness (QED) is 0.740. The van der Waals surface area contributed by atoms with Crippen LogP contribution >= 0.6 is 0 Å². The number of aromatic nitrogens is 3. The molecule has 1 N–H and O–H groups in total. The molecule has 140 valence electrons. The zero-order valence-electron chi connectivity index (χ0n) is 15.2. The van der Waals surface area contributed by atoms with E-state index in [2.05, 4.69) is 15.4 Å². The Morgan fingerprint density at radius 3 is 2.22 bits per heavy atom. The van der Waals surface area contributed by atoms with E-state index in [0.29, 0.717) is 41.9 Å². The van der Waals surface area contributed by atoms with Gasteiger partial charge in [-0.1, -0.05) is 5.21 Å². The Morgan fingerprint density at radius 1 is 0.852 bits per heavy atom. The third kappa shape index (κ3) is 2.99. The van der Waals surface area contributed by atoms with Crippen LogP contribution in [0.1, 0.15) is 0 Å². The Balaban J connectivity index is 1.81. The molecule has 0 spiro atoms. The molecule has 8 heteroatoms. The molecule has 27 heavy (non-hydrogen) atoms. The number of rotatable bonds is 5. The second kappa shape index (κ2) is 7.06. The second-order valence-electron chi connectivity index (χ2n) is 5.81. The maximum Gasteiger partial charge on any atom is 0.203 e. The molecule has 3 aromatic rings. The first kappa shape index (κ1) is 17.0. The van der Waals surface area contributed by atoms with E-state index in [9.17, 15) is 0 Å². The van der Waals surface area contributed by atoms with E-state index < -0.39 is 0 Å². The number of fused-ring (bicyclic) bond motifs is 1. The van der Waals surface area contributed by atoms with Crippen molar-refractivity contribution in [2.24, 2.45) is 0 Å². The van der Waals surface area contributed by atoms with Gasteiger partial charge in [0.2, 0.25) is 5.75 Å². The standard InChI is InChI=1S/C19H19N3O5/c1-23-15-9-12(10-16(24-2)19(15)25-3)18-17(20-22-21-18)11-4-5-13-14(8-11)27-7-6-26-13/h4-5,8-10H,6-7H2,1-3H3,(H,20,21,22). The minimum atomic E-state index is 0.521. The molecule has 1 aliphatic heterocycles. The van der Waals surface area contributed by atoms with Gasteiger partial charge in [-0.3, -0.25) is 5.10 Å². The van der Waals surface area contributed by atoms with Crippen molar-refractivity contribution in [1.82, 2.24) is 15.4 Å². The summed E-state index contributed by atoms with van der Waals surface area (Å²) in [6.45, 7) is 1.08. The average molecular weight is 369 g/mol. The van der Waals surface area contributed by atoms with E-state index >= 15 is 0 Å². The largest absolute Gasteiger partial charge is 0.493 e. The van der Waals surface area contributed by atoms with Gasteiger partial charge >= 0.3 is 0 Å². The molecule has 2 heterocycles. The lowest BCUT2D eigenvalue weighted by molar-refractivity contribution is 0.171. The number of nitrogens with one attached hydrogen (secondary N) is 1. The highest BCUT2D eigenvalue weighted by Crippen LogP contribution is 2.43. The maximum absolute atomic E-state index is 5.67. The number of ether oxygens (including phenoxy) is 5. The summed E-state index contributed by atoms with van der Waals surface area (Å²) in [6.07, 6.45) is 0. The first-order chi connectivity index (χ1) is 13.2. The molecule has 0 radical (unpaired) electrons. The third-order valence-electron chi connectivity index (χ3n) is 4.32. The minimum Gasteiger partial charge on any atom is -0.493 e. The number of H-pyrrole nitrogens is 1. The predicted molar refractivity (Wildman–Crippen MR) is 97.9 cm³/mol. The minimum absolute atomic E-state index is 0.521. The van der Waals surface area contributed by atoms with E-state index in [-0.39, 0.29) is 0 Å². The van der Waals surface area contributed by atoms with Crippen LogP contribution in [0.5, 0.6) is 28.7 Å². The first-order valence-electron chi connectivity index (χ1n) is 8.36. The fraction of sp³-hybridized carbons (Fsp3) is 0.263. The van der Waals surface area contributed by atoms with E-state index in [1.54, 1.807) is 21.3 Å². The fourth-order valence-corrected chi connectivity index (χ4v) is 3.05. The highest BCUT2D eigenvalue weighted by atomic mass is 16.6. The summed E-state index contributed by atoms with van der Waals surface area (Å²) in [5, 5.41) is 11.2. The Kier molecular flexibility index (Phi) is 4.45. The maximum atomic E-state index is 5.67. The van der Waals surface area contributed by atoms with Crippen LogP contribution in [0, 0.1) is 0 Å². The Bertz CT molecular complexity index is 945. The average Bonchev–Trinajstić information content (AvgIpc) is 3.22. The Morgan fingerprint density at radius 2 is 1.56 bits per heavy atom. The van der Waals surface area contributed by atoms with Gasteiger partial charge in [0, 0.05) is 11.1 Å². The van der Waals surface area contributed by atoms with Crippen LogP contribution < -0.4 is 23.7 Å². The van der Waals surface area contributed by atoms with Gasteiger partial charge in [-0.25, -0.2) is 0 Å². The first-order valence-corrected chi connectivity index (χ1v) is 8.36. The van der Waals surface area contributed by atoms with Crippen LogP contribution in [0.15, 0.2) is 30.3 Å². The van der Waals surface area contributed by atoms with Gasteiger partial charge in [0.25, 0.3) is 0 Å². The summed E-state index contributed by atoms with van der Waals surface area (Å²) >= 11 is 0. The number of benzene rings is 2. The highest BCUT2D eigenvalue weighted by molar-refractivity contribution is 5.81. The molecule has 0 saturated carbocycles. The smallest absolute Gasteiger partial charge is 0.203 e. The number of hydrogen-bond donors (Lipinski definition) is 1. The molecule has 1 aliphatic rings. The van der Waals surface area contributed by atoms with Crippen molar-refractivity contribution in [3.05, 3.63) is 30.3 Å². The zero-order valence-corrected chi connectivity index (χ0v) is 15.2. The highest BCUT2D eigenvalue weighted by Gasteiger charge is 2.20. The van der Waals surface area contributed by atoms with Crippen LogP contribution in [0.2, 0.25) is 0 Å². The second-order valence-corrected chi connectivity index (χ2v) is 5.81.